The first-order valence-electron chi connectivity index (χ1n) is 21.3. The van der Waals surface area contributed by atoms with E-state index in [2.05, 4.69) is 23.0 Å². The van der Waals surface area contributed by atoms with Crippen molar-refractivity contribution in [2.24, 2.45) is 0 Å². The fourth-order valence-corrected chi connectivity index (χ4v) is 10.1. The van der Waals surface area contributed by atoms with Crippen LogP contribution in [0.25, 0.3) is 44.4 Å². The number of nitrogens with zero attached hydrogens (tertiary/aromatic N) is 2. The Morgan fingerprint density at radius 1 is 0.597 bits per heavy atom. The summed E-state index contributed by atoms with van der Waals surface area (Å²) in [7, 11) is 61.6. The molecule has 3 aromatic rings. The Morgan fingerprint density at radius 2 is 0.952 bits per heavy atom. The maximum Gasteiger partial charge on any atom is 0.303 e. The Labute approximate surface area is 377 Å². The molecular weight excluding hydrogens is 754 g/mol. The van der Waals surface area contributed by atoms with E-state index in [0.717, 1.165) is 66.6 Å². The summed E-state index contributed by atoms with van der Waals surface area (Å²) >= 11 is 0. The van der Waals surface area contributed by atoms with E-state index in [1.54, 1.807) is 0 Å². The van der Waals surface area contributed by atoms with Crippen LogP contribution in [0.1, 0.15) is 109 Å². The van der Waals surface area contributed by atoms with Gasteiger partial charge in [-0.3, -0.25) is 9.59 Å². The number of carbonyl (C=O) groups is 2. The topological polar surface area (TPSA) is 132 Å². The van der Waals surface area contributed by atoms with Gasteiger partial charge in [-0.2, -0.15) is 0 Å². The third-order valence-corrected chi connectivity index (χ3v) is 14.7. The molecule has 62 heavy (non-hydrogen) atoms. The highest BCUT2D eigenvalue weighted by atomic mass is 16.4. The molecule has 4 N–H and O–H groups in total. The van der Waals surface area contributed by atoms with Crippen LogP contribution < -0.4 is 0 Å². The van der Waals surface area contributed by atoms with Crippen LogP contribution >= 0.6 is 0 Å². The third-order valence-electron chi connectivity index (χ3n) is 14.7. The first kappa shape index (κ1) is 43.6. The number of aromatic amines is 2. The molecule has 9 heterocycles. The van der Waals surface area contributed by atoms with Crippen molar-refractivity contribution in [2.75, 3.05) is 0 Å². The number of aryl methyl sites for hydroxylation is 2. The summed E-state index contributed by atoms with van der Waals surface area (Å²) in [5.41, 5.74) is 11.0. The van der Waals surface area contributed by atoms with E-state index >= 15 is 0 Å². The molecule has 9 rings (SSSR count). The molecule has 3 aromatic heterocycles. The second-order valence-electron chi connectivity index (χ2n) is 18.8. The van der Waals surface area contributed by atoms with Crippen molar-refractivity contribution in [3.05, 3.63) is 69.3 Å². The Bertz CT molecular complexity index is 2700. The largest absolute Gasteiger partial charge is 0.481 e. The van der Waals surface area contributed by atoms with Crippen molar-refractivity contribution in [2.45, 2.75) is 122 Å². The lowest BCUT2D eigenvalue weighted by molar-refractivity contribution is -0.137. The lowest BCUT2D eigenvalue weighted by atomic mass is 9.53. The van der Waals surface area contributed by atoms with Crippen molar-refractivity contribution < 1.29 is 19.8 Å². The van der Waals surface area contributed by atoms with E-state index in [4.69, 9.17) is 72.7 Å². The van der Waals surface area contributed by atoms with Gasteiger partial charge in [-0.25, -0.2) is 9.97 Å². The van der Waals surface area contributed by atoms with Gasteiger partial charge in [-0.1, -0.05) is 23.3 Å². The zero-order valence-electron chi connectivity index (χ0n) is 35.5. The Morgan fingerprint density at radius 3 is 1.31 bits per heavy atom. The number of rotatable bonds is 14. The molecule has 0 aromatic carbocycles. The average molecular weight is 793 g/mol. The van der Waals surface area contributed by atoms with E-state index < -0.39 is 32.8 Å². The van der Waals surface area contributed by atoms with E-state index in [1.807, 2.05) is 68.1 Å². The van der Waals surface area contributed by atoms with Crippen LogP contribution in [0, 0.1) is 13.8 Å². The summed E-state index contributed by atoms with van der Waals surface area (Å²) in [6, 6.07) is 7.88. The van der Waals surface area contributed by atoms with Gasteiger partial charge < -0.3 is 20.2 Å². The molecule has 4 fully saturated rings. The Kier molecular flexibility index (Phi) is 10.5. The second kappa shape index (κ2) is 14.9. The maximum atomic E-state index is 11.9. The fourth-order valence-electron chi connectivity index (χ4n) is 10.1. The normalized spacial score (nSPS) is 31.3. The minimum atomic E-state index is -0.938. The smallest absolute Gasteiger partial charge is 0.303 e. The summed E-state index contributed by atoms with van der Waals surface area (Å²) in [4.78, 5) is 41.6. The molecule has 8 nitrogen and oxygen atoms in total. The number of hydrogen-bond donors (Lipinski definition) is 4. The summed E-state index contributed by atoms with van der Waals surface area (Å²) in [5.74, 6) is -2.55. The van der Waals surface area contributed by atoms with E-state index in [1.165, 1.54) is 0 Å². The predicted octanol–water partition coefficient (Wildman–Crippen LogP) is 5.14. The number of aromatic nitrogens is 4. The average Bonchev–Trinajstić information content (AvgIpc) is 4.11. The monoisotopic (exact) mass is 794 g/mol. The van der Waals surface area contributed by atoms with E-state index in [-0.39, 0.29) is 60.4 Å². The van der Waals surface area contributed by atoms with Crippen LogP contribution in [-0.4, -0.2) is 134 Å². The van der Waals surface area contributed by atoms with Crippen molar-refractivity contribution >= 4 is 148 Å². The second-order valence-corrected chi connectivity index (χ2v) is 18.8. The molecule has 0 amide bonds. The fraction of sp³-hybridized carbons (Fsp3) is 0.476. The van der Waals surface area contributed by atoms with Gasteiger partial charge in [-0.15, -0.1) is 33.3 Å². The molecule has 20 heteroatoms. The number of carboxylic acid groups (broad SMARTS) is 2. The van der Waals surface area contributed by atoms with Gasteiger partial charge in [0.2, 0.25) is 0 Å². The lowest BCUT2D eigenvalue weighted by Gasteiger charge is -2.31. The van der Waals surface area contributed by atoms with Gasteiger partial charge in [0.05, 0.1) is 115 Å². The summed E-state index contributed by atoms with van der Waals surface area (Å²) in [5, 5.41) is 16.4. The molecule has 0 saturated carbocycles. The van der Waals surface area contributed by atoms with Crippen molar-refractivity contribution in [1.29, 1.82) is 0 Å². The quantitative estimate of drug-likeness (QED) is 0.168. The van der Waals surface area contributed by atoms with Crippen LogP contribution in [0.4, 0.5) is 0 Å². The highest BCUT2D eigenvalue weighted by Crippen LogP contribution is 2.70. The zero-order valence-corrected chi connectivity index (χ0v) is 35.5. The number of hydrogen-bond acceptors (Lipinski definition) is 4. The summed E-state index contributed by atoms with van der Waals surface area (Å²) in [6.45, 7) is 7.96. The van der Waals surface area contributed by atoms with Gasteiger partial charge in [0.25, 0.3) is 0 Å². The molecule has 286 valence electrons. The minimum Gasteiger partial charge on any atom is -0.481 e. The standard InChI is InChI=1S/C42H38B12N4O4/c1-15-19(5-7-31(59)60)27-12-28-20(6-8-32(61)62)16(2)24(56-28)10-29-34(22(42(50)38(46)54-42)14-40(48)36(44)52-40)18(4)26(58-29)11-30-33(17(3)25(57-30)9-23(15)55-27)21(41(49)37(45)53-41)13-39(47)35(43)51-39/h9-12,21-22,35-38,57-58H,5-8,13-14H2,1-4H3,(H,59,60)(H,61,62). The van der Waals surface area contributed by atoms with Crippen LogP contribution in [0.5, 0.6) is 0 Å². The molecule has 6 aliphatic rings. The van der Waals surface area contributed by atoms with Crippen molar-refractivity contribution in [1.82, 2.24) is 19.9 Å². The molecular formula is C42H38B12N4O4. The number of H-pyrrole nitrogens is 2. The van der Waals surface area contributed by atoms with Crippen molar-refractivity contribution in [3.8, 4) is 0 Å². The molecule has 0 aliphatic carbocycles. The summed E-state index contributed by atoms with van der Waals surface area (Å²) in [6.07, 6.45) is 1.13. The first-order chi connectivity index (χ1) is 29.1. The number of carboxylic acids is 2. The van der Waals surface area contributed by atoms with E-state index in [0.29, 0.717) is 35.6 Å². The molecule has 8 bridgehead atoms. The third kappa shape index (κ3) is 7.43. The van der Waals surface area contributed by atoms with Gasteiger partial charge >= 0.3 is 11.9 Å². The molecule has 6 aliphatic heterocycles. The number of fused-ring (bicyclic) bond motifs is 8. The van der Waals surface area contributed by atoms with E-state index in [9.17, 15) is 19.8 Å². The molecule has 20 radical (unpaired) electrons. The summed E-state index contributed by atoms with van der Waals surface area (Å²) < 4.78 is 0. The van der Waals surface area contributed by atoms with Crippen molar-refractivity contribution in [3.63, 3.8) is 0 Å². The predicted molar refractivity (Wildman–Crippen MR) is 259 cm³/mol. The number of aliphatic carboxylic acids is 2. The first-order valence-corrected chi connectivity index (χ1v) is 21.3. The number of allylic oxidation sites excluding steroid dienone is 4. The molecule has 0 spiro atoms. The van der Waals surface area contributed by atoms with Gasteiger partial charge in [0, 0.05) is 34.9 Å². The Hall–Kier alpha value is -3.68. The molecule has 4 saturated heterocycles. The Balaban J connectivity index is 1.38. The van der Waals surface area contributed by atoms with Crippen LogP contribution in [0.15, 0.2) is 24.3 Å². The van der Waals surface area contributed by atoms with Gasteiger partial charge in [-0.05, 0) is 121 Å². The number of nitrogens with one attached hydrogen (secondary N) is 2. The zero-order chi connectivity index (χ0) is 44.6. The minimum absolute atomic E-state index is 0.109. The van der Waals surface area contributed by atoms with Crippen LogP contribution in [0.2, 0.25) is 43.7 Å². The SMILES string of the molecule is [B]C1[B]C1([B])CC(c1c(C)c2cc3[nH]c(cc4nc(cc5nc(cc1[nH]2)C(C)=C5CCC(=O)O)C(CCC(=O)O)=C4C)c(C)c3C(CC1([B])[B]C1[B])C1([B])[B]C1[B])C1([B])[B]C1[B]. The van der Waals surface area contributed by atoms with Gasteiger partial charge in [0.15, 0.2) is 0 Å². The molecule has 10 atom stereocenters. The lowest BCUT2D eigenvalue weighted by Crippen LogP contribution is -2.16. The highest BCUT2D eigenvalue weighted by Gasteiger charge is 2.58. The van der Waals surface area contributed by atoms with Crippen LogP contribution in [0.3, 0.4) is 0 Å². The highest BCUT2D eigenvalue weighted by molar-refractivity contribution is 6.80. The maximum absolute atomic E-state index is 11.9. The molecule has 10 unspecified atom stereocenters. The van der Waals surface area contributed by atoms with Crippen LogP contribution in [-0.2, 0) is 9.59 Å². The van der Waals surface area contributed by atoms with Gasteiger partial charge in [0.1, 0.15) is 0 Å².